The summed E-state index contributed by atoms with van der Waals surface area (Å²) in [6, 6.07) is 0.572. The van der Waals surface area contributed by atoms with Crippen LogP contribution in [-0.4, -0.2) is 22.4 Å². The summed E-state index contributed by atoms with van der Waals surface area (Å²) in [5.74, 6) is 0. The molecule has 1 fully saturated rings. The second kappa shape index (κ2) is 5.19. The third-order valence-electron chi connectivity index (χ3n) is 3.38. The zero-order valence-corrected chi connectivity index (χ0v) is 10.8. The van der Waals surface area contributed by atoms with E-state index < -0.39 is 0 Å². The predicted octanol–water partition coefficient (Wildman–Crippen LogP) is 2.46. The van der Waals surface area contributed by atoms with Crippen molar-refractivity contribution in [2.75, 3.05) is 6.54 Å². The molecule has 90 valence electrons. The fourth-order valence-electron chi connectivity index (χ4n) is 2.43. The van der Waals surface area contributed by atoms with Crippen LogP contribution in [0.25, 0.3) is 0 Å². The van der Waals surface area contributed by atoms with Crippen molar-refractivity contribution >= 4 is 11.6 Å². The zero-order chi connectivity index (χ0) is 11.5. The lowest BCUT2D eigenvalue weighted by atomic mass is 10.0. The van der Waals surface area contributed by atoms with Gasteiger partial charge < -0.3 is 5.32 Å². The summed E-state index contributed by atoms with van der Waals surface area (Å²) in [5.41, 5.74) is 2.28. The van der Waals surface area contributed by atoms with Crippen molar-refractivity contribution in [3.8, 4) is 0 Å². The Labute approximate surface area is 102 Å². The number of aromatic nitrogens is 2. The molecule has 3 nitrogen and oxygen atoms in total. The van der Waals surface area contributed by atoms with Crippen LogP contribution in [0.3, 0.4) is 0 Å². The molecule has 4 heteroatoms. The second-order valence-electron chi connectivity index (χ2n) is 4.68. The van der Waals surface area contributed by atoms with Gasteiger partial charge in [-0.25, -0.2) is 0 Å². The summed E-state index contributed by atoms with van der Waals surface area (Å²) in [6.45, 7) is 3.18. The molecule has 1 unspecified atom stereocenters. The average molecular weight is 242 g/mol. The molecule has 1 saturated heterocycles. The first kappa shape index (κ1) is 11.9. The number of hydrogen-bond acceptors (Lipinski definition) is 2. The molecule has 1 aromatic heterocycles. The van der Waals surface area contributed by atoms with Gasteiger partial charge in [-0.05, 0) is 32.7 Å². The van der Waals surface area contributed by atoms with Crippen LogP contribution in [0.4, 0.5) is 0 Å². The Morgan fingerprint density at radius 2 is 2.25 bits per heavy atom. The van der Waals surface area contributed by atoms with Crippen molar-refractivity contribution in [2.45, 2.75) is 45.1 Å². The Bertz CT molecular complexity index is 351. The SMILES string of the molecule is Cc1nn(C)c(Cl)c1CC1CCCCCN1. The molecule has 0 radical (unpaired) electrons. The van der Waals surface area contributed by atoms with E-state index in [9.17, 15) is 0 Å². The molecule has 0 spiro atoms. The van der Waals surface area contributed by atoms with E-state index >= 15 is 0 Å². The zero-order valence-electron chi connectivity index (χ0n) is 10.1. The van der Waals surface area contributed by atoms with Gasteiger partial charge in [0.2, 0.25) is 0 Å². The summed E-state index contributed by atoms with van der Waals surface area (Å²) >= 11 is 6.25. The van der Waals surface area contributed by atoms with Crippen molar-refractivity contribution < 1.29 is 0 Å². The van der Waals surface area contributed by atoms with E-state index in [4.69, 9.17) is 11.6 Å². The molecule has 1 N–H and O–H groups in total. The maximum Gasteiger partial charge on any atom is 0.130 e. The summed E-state index contributed by atoms with van der Waals surface area (Å²) in [5, 5.41) is 8.75. The molecule has 1 atom stereocenters. The largest absolute Gasteiger partial charge is 0.314 e. The van der Waals surface area contributed by atoms with Crippen molar-refractivity contribution in [3.63, 3.8) is 0 Å². The molecule has 0 aliphatic carbocycles. The molecule has 2 rings (SSSR count). The fourth-order valence-corrected chi connectivity index (χ4v) is 2.68. The molecule has 2 heterocycles. The van der Waals surface area contributed by atoms with Gasteiger partial charge in [0, 0.05) is 18.7 Å². The molecule has 1 aliphatic heterocycles. The van der Waals surface area contributed by atoms with E-state index in [0.29, 0.717) is 6.04 Å². The molecule has 0 amide bonds. The van der Waals surface area contributed by atoms with Crippen molar-refractivity contribution in [3.05, 3.63) is 16.4 Å². The van der Waals surface area contributed by atoms with Gasteiger partial charge >= 0.3 is 0 Å². The minimum Gasteiger partial charge on any atom is -0.314 e. The van der Waals surface area contributed by atoms with E-state index in [-0.39, 0.29) is 0 Å². The van der Waals surface area contributed by atoms with E-state index in [1.807, 2.05) is 14.0 Å². The topological polar surface area (TPSA) is 29.9 Å². The molecule has 1 aromatic rings. The molecular formula is C12H20ClN3. The van der Waals surface area contributed by atoms with Crippen LogP contribution in [0, 0.1) is 6.92 Å². The maximum atomic E-state index is 6.25. The summed E-state index contributed by atoms with van der Waals surface area (Å²) in [6.07, 6.45) is 6.25. The monoisotopic (exact) mass is 241 g/mol. The minimum atomic E-state index is 0.572. The standard InChI is InChI=1S/C12H20ClN3/c1-9-11(12(13)16(2)15-9)8-10-6-4-3-5-7-14-10/h10,14H,3-8H2,1-2H3. The smallest absolute Gasteiger partial charge is 0.130 e. The maximum absolute atomic E-state index is 6.25. The van der Waals surface area contributed by atoms with E-state index in [1.54, 1.807) is 4.68 Å². The Morgan fingerprint density at radius 1 is 1.44 bits per heavy atom. The number of nitrogens with one attached hydrogen (secondary N) is 1. The quantitative estimate of drug-likeness (QED) is 0.862. The third kappa shape index (κ3) is 2.58. The van der Waals surface area contributed by atoms with Crippen molar-refractivity contribution in [1.82, 2.24) is 15.1 Å². The highest BCUT2D eigenvalue weighted by Gasteiger charge is 2.17. The summed E-state index contributed by atoms with van der Waals surface area (Å²) in [7, 11) is 1.90. The van der Waals surface area contributed by atoms with Gasteiger partial charge in [-0.2, -0.15) is 5.10 Å². The van der Waals surface area contributed by atoms with E-state index in [1.165, 1.54) is 31.2 Å². The Balaban J connectivity index is 2.07. The molecular weight excluding hydrogens is 222 g/mol. The highest BCUT2D eigenvalue weighted by Crippen LogP contribution is 2.22. The summed E-state index contributed by atoms with van der Waals surface area (Å²) < 4.78 is 1.77. The first-order valence-electron chi connectivity index (χ1n) is 6.10. The van der Waals surface area contributed by atoms with Crippen LogP contribution >= 0.6 is 11.6 Å². The minimum absolute atomic E-state index is 0.572. The fraction of sp³-hybridized carbons (Fsp3) is 0.750. The van der Waals surface area contributed by atoms with Gasteiger partial charge in [0.05, 0.1) is 5.69 Å². The Hall–Kier alpha value is -0.540. The van der Waals surface area contributed by atoms with Gasteiger partial charge in [0.25, 0.3) is 0 Å². The van der Waals surface area contributed by atoms with Crippen LogP contribution in [-0.2, 0) is 13.5 Å². The van der Waals surface area contributed by atoms with Crippen LogP contribution < -0.4 is 5.32 Å². The Morgan fingerprint density at radius 3 is 2.94 bits per heavy atom. The van der Waals surface area contributed by atoms with E-state index in [0.717, 1.165) is 23.8 Å². The number of rotatable bonds is 2. The number of aryl methyl sites for hydroxylation is 2. The Kier molecular flexibility index (Phi) is 3.87. The lowest BCUT2D eigenvalue weighted by molar-refractivity contribution is 0.507. The highest BCUT2D eigenvalue weighted by molar-refractivity contribution is 6.30. The molecule has 0 aromatic carbocycles. The third-order valence-corrected chi connectivity index (χ3v) is 3.86. The van der Waals surface area contributed by atoms with E-state index in [2.05, 4.69) is 10.4 Å². The van der Waals surface area contributed by atoms with Gasteiger partial charge in [-0.3, -0.25) is 4.68 Å². The summed E-state index contributed by atoms with van der Waals surface area (Å²) in [4.78, 5) is 0. The normalized spacial score (nSPS) is 22.1. The molecule has 1 aliphatic rings. The first-order chi connectivity index (χ1) is 7.68. The van der Waals surface area contributed by atoms with Crippen LogP contribution in [0.2, 0.25) is 5.15 Å². The molecule has 16 heavy (non-hydrogen) atoms. The predicted molar refractivity (Wildman–Crippen MR) is 66.9 cm³/mol. The first-order valence-corrected chi connectivity index (χ1v) is 6.47. The highest BCUT2D eigenvalue weighted by atomic mass is 35.5. The van der Waals surface area contributed by atoms with Gasteiger partial charge in [-0.15, -0.1) is 0 Å². The van der Waals surface area contributed by atoms with Crippen LogP contribution in [0.5, 0.6) is 0 Å². The molecule has 0 bridgehead atoms. The lowest BCUT2D eigenvalue weighted by Gasteiger charge is -2.15. The molecule has 0 saturated carbocycles. The number of nitrogens with zero attached hydrogens (tertiary/aromatic N) is 2. The van der Waals surface area contributed by atoms with Gasteiger partial charge in [0.15, 0.2) is 0 Å². The van der Waals surface area contributed by atoms with Crippen molar-refractivity contribution in [2.24, 2.45) is 7.05 Å². The van der Waals surface area contributed by atoms with Crippen LogP contribution in [0.1, 0.15) is 36.9 Å². The average Bonchev–Trinajstić information content (AvgIpc) is 2.51. The lowest BCUT2D eigenvalue weighted by Crippen LogP contribution is -2.30. The van der Waals surface area contributed by atoms with Crippen LogP contribution in [0.15, 0.2) is 0 Å². The number of hydrogen-bond donors (Lipinski definition) is 1. The van der Waals surface area contributed by atoms with Gasteiger partial charge in [0.1, 0.15) is 5.15 Å². The number of halogens is 1. The second-order valence-corrected chi connectivity index (χ2v) is 5.04. The van der Waals surface area contributed by atoms with Crippen molar-refractivity contribution in [1.29, 1.82) is 0 Å². The van der Waals surface area contributed by atoms with Gasteiger partial charge in [-0.1, -0.05) is 24.4 Å².